The number of likely N-dealkylation sites (tertiary alicyclic amines) is 1. The molecule has 0 spiro atoms. The molecule has 2 aromatic rings. The third kappa shape index (κ3) is 4.11. The van der Waals surface area contributed by atoms with Crippen LogP contribution in [0.4, 0.5) is 0 Å². The van der Waals surface area contributed by atoms with Crippen LogP contribution >= 0.6 is 0 Å². The van der Waals surface area contributed by atoms with E-state index < -0.39 is 10.2 Å². The number of amides is 1. The summed E-state index contributed by atoms with van der Waals surface area (Å²) in [6, 6.07) is 17.5. The van der Waals surface area contributed by atoms with Gasteiger partial charge in [-0.1, -0.05) is 63.2 Å². The van der Waals surface area contributed by atoms with Crippen molar-refractivity contribution >= 4 is 16.1 Å². The average molecular weight is 468 g/mol. The van der Waals surface area contributed by atoms with E-state index in [1.165, 1.54) is 15.0 Å². The maximum atomic E-state index is 13.1. The lowest BCUT2D eigenvalue weighted by molar-refractivity contribution is -0.0216. The lowest BCUT2D eigenvalue weighted by atomic mass is 9.74. The zero-order valence-corrected chi connectivity index (χ0v) is 20.5. The summed E-state index contributed by atoms with van der Waals surface area (Å²) in [6.45, 7) is 9.38. The molecule has 1 amide bonds. The van der Waals surface area contributed by atoms with Gasteiger partial charge in [0.25, 0.3) is 16.1 Å². The largest absolute Gasteiger partial charge is 0.334 e. The molecule has 6 nitrogen and oxygen atoms in total. The summed E-state index contributed by atoms with van der Waals surface area (Å²) in [7, 11) is -3.50. The van der Waals surface area contributed by atoms with Crippen molar-refractivity contribution in [2.75, 3.05) is 19.6 Å². The summed E-state index contributed by atoms with van der Waals surface area (Å²) in [5.74, 6) is 0.0876. The second-order valence-corrected chi connectivity index (χ2v) is 12.9. The van der Waals surface area contributed by atoms with Crippen molar-refractivity contribution in [3.8, 4) is 0 Å². The van der Waals surface area contributed by atoms with Gasteiger partial charge in [-0.15, -0.1) is 0 Å². The molecular formula is C26H33N3O3S. The molecule has 0 radical (unpaired) electrons. The fourth-order valence-corrected chi connectivity index (χ4v) is 7.72. The fraction of sp³-hybridized carbons (Fsp3) is 0.500. The number of hydrogen-bond donors (Lipinski definition) is 0. The highest BCUT2D eigenvalue weighted by molar-refractivity contribution is 7.86. The Labute approximate surface area is 197 Å². The maximum Gasteiger partial charge on any atom is 0.282 e. The Bertz CT molecular complexity index is 1150. The molecule has 2 atom stereocenters. The number of rotatable bonds is 5. The SMILES string of the molecule is CC1(C)CC2N(C(=O)c3ccc(CN4CCN(Cc5ccccc5)S4(=O)=O)cc3)CC2(C)C1. The molecule has 2 unspecified atom stereocenters. The van der Waals surface area contributed by atoms with Crippen molar-refractivity contribution in [1.82, 2.24) is 13.5 Å². The molecule has 1 saturated carbocycles. The van der Waals surface area contributed by atoms with Crippen molar-refractivity contribution in [3.05, 3.63) is 71.3 Å². The molecule has 7 heteroatoms. The lowest BCUT2D eigenvalue weighted by Gasteiger charge is -2.52. The maximum absolute atomic E-state index is 13.1. The van der Waals surface area contributed by atoms with Crippen LogP contribution in [0.15, 0.2) is 54.6 Å². The van der Waals surface area contributed by atoms with Crippen LogP contribution in [0.3, 0.4) is 0 Å². The van der Waals surface area contributed by atoms with Crippen LogP contribution in [-0.2, 0) is 23.3 Å². The van der Waals surface area contributed by atoms with E-state index in [4.69, 9.17) is 0 Å². The van der Waals surface area contributed by atoms with Gasteiger partial charge in [0, 0.05) is 49.7 Å². The van der Waals surface area contributed by atoms with Gasteiger partial charge in [-0.2, -0.15) is 17.0 Å². The molecule has 33 heavy (non-hydrogen) atoms. The van der Waals surface area contributed by atoms with Gasteiger partial charge in [0.2, 0.25) is 0 Å². The molecule has 176 valence electrons. The summed E-state index contributed by atoms with van der Waals surface area (Å²) < 4.78 is 29.0. The Balaban J connectivity index is 1.22. The van der Waals surface area contributed by atoms with E-state index >= 15 is 0 Å². The number of benzene rings is 2. The minimum Gasteiger partial charge on any atom is -0.334 e. The van der Waals surface area contributed by atoms with E-state index in [0.29, 0.717) is 37.8 Å². The van der Waals surface area contributed by atoms with Crippen LogP contribution in [0.1, 0.15) is 55.1 Å². The smallest absolute Gasteiger partial charge is 0.282 e. The molecule has 2 aromatic carbocycles. The lowest BCUT2D eigenvalue weighted by Crippen LogP contribution is -2.62. The van der Waals surface area contributed by atoms with Gasteiger partial charge in [-0.3, -0.25) is 4.79 Å². The topological polar surface area (TPSA) is 60.9 Å². The van der Waals surface area contributed by atoms with Gasteiger partial charge < -0.3 is 4.90 Å². The van der Waals surface area contributed by atoms with Crippen LogP contribution in [0.5, 0.6) is 0 Å². The Hall–Kier alpha value is -2.22. The van der Waals surface area contributed by atoms with Crippen LogP contribution < -0.4 is 0 Å². The van der Waals surface area contributed by atoms with Crippen LogP contribution in [0.25, 0.3) is 0 Å². The van der Waals surface area contributed by atoms with E-state index in [9.17, 15) is 13.2 Å². The zero-order valence-electron chi connectivity index (χ0n) is 19.7. The number of carbonyl (C=O) groups excluding carboxylic acids is 1. The van der Waals surface area contributed by atoms with Crippen molar-refractivity contribution in [2.45, 2.75) is 52.7 Å². The molecule has 5 rings (SSSR count). The van der Waals surface area contributed by atoms with Crippen LogP contribution in [-0.4, -0.2) is 53.5 Å². The van der Waals surface area contributed by atoms with Crippen molar-refractivity contribution < 1.29 is 13.2 Å². The van der Waals surface area contributed by atoms with Crippen molar-refractivity contribution in [1.29, 1.82) is 0 Å². The van der Waals surface area contributed by atoms with Gasteiger partial charge >= 0.3 is 0 Å². The van der Waals surface area contributed by atoms with Crippen LogP contribution in [0, 0.1) is 10.8 Å². The molecular weight excluding hydrogens is 434 g/mol. The number of fused-ring (bicyclic) bond motifs is 1. The van der Waals surface area contributed by atoms with Gasteiger partial charge in [0.05, 0.1) is 0 Å². The van der Waals surface area contributed by atoms with Crippen molar-refractivity contribution in [3.63, 3.8) is 0 Å². The van der Waals surface area contributed by atoms with Gasteiger partial charge in [0.15, 0.2) is 0 Å². The van der Waals surface area contributed by atoms with Crippen molar-refractivity contribution in [2.24, 2.45) is 10.8 Å². The molecule has 3 aliphatic rings. The Kier molecular flexibility index (Phi) is 5.42. The molecule has 2 aliphatic heterocycles. The van der Waals surface area contributed by atoms with Gasteiger partial charge in [0.1, 0.15) is 0 Å². The predicted octanol–water partition coefficient (Wildman–Crippen LogP) is 3.90. The van der Waals surface area contributed by atoms with Crippen LogP contribution in [0.2, 0.25) is 0 Å². The third-order valence-electron chi connectivity index (χ3n) is 7.61. The van der Waals surface area contributed by atoms with E-state index in [1.54, 1.807) is 0 Å². The molecule has 1 aliphatic carbocycles. The molecule has 3 fully saturated rings. The first-order valence-electron chi connectivity index (χ1n) is 11.8. The highest BCUT2D eigenvalue weighted by Crippen LogP contribution is 2.57. The monoisotopic (exact) mass is 467 g/mol. The first-order valence-corrected chi connectivity index (χ1v) is 13.2. The first kappa shape index (κ1) is 22.6. The molecule has 0 aromatic heterocycles. The second-order valence-electron chi connectivity index (χ2n) is 11.0. The highest BCUT2D eigenvalue weighted by Gasteiger charge is 2.59. The summed E-state index contributed by atoms with van der Waals surface area (Å²) in [5.41, 5.74) is 3.09. The van der Waals surface area contributed by atoms with E-state index in [-0.39, 0.29) is 16.7 Å². The Morgan fingerprint density at radius 1 is 0.909 bits per heavy atom. The molecule has 2 heterocycles. The minimum absolute atomic E-state index is 0.0876. The Morgan fingerprint density at radius 2 is 1.48 bits per heavy atom. The number of hydrogen-bond acceptors (Lipinski definition) is 3. The van der Waals surface area contributed by atoms with Gasteiger partial charge in [-0.05, 0) is 41.5 Å². The standard InChI is InChI=1S/C26H33N3O3S/c1-25(2)15-23-26(3,18-25)19-29(23)24(30)22-11-9-21(10-12-22)17-28-14-13-27(33(28,31)32)16-20-7-5-4-6-8-20/h4-12,23H,13-19H2,1-3H3. The first-order chi connectivity index (χ1) is 15.6. The summed E-state index contributed by atoms with van der Waals surface area (Å²) >= 11 is 0. The van der Waals surface area contributed by atoms with E-state index in [1.807, 2.05) is 59.5 Å². The molecule has 0 bridgehead atoms. The average Bonchev–Trinajstić information content (AvgIpc) is 3.14. The zero-order chi connectivity index (χ0) is 23.4. The second kappa shape index (κ2) is 7.93. The summed E-state index contributed by atoms with van der Waals surface area (Å²) in [4.78, 5) is 15.1. The third-order valence-corrected chi connectivity index (χ3v) is 9.54. The van der Waals surface area contributed by atoms with Gasteiger partial charge in [-0.25, -0.2) is 0 Å². The quantitative estimate of drug-likeness (QED) is 0.670. The Morgan fingerprint density at radius 3 is 2.06 bits per heavy atom. The molecule has 2 saturated heterocycles. The normalized spacial score (nSPS) is 28.5. The number of nitrogens with zero attached hydrogens (tertiary/aromatic N) is 3. The fourth-order valence-electron chi connectivity index (χ4n) is 6.15. The minimum atomic E-state index is -3.50. The summed E-state index contributed by atoms with van der Waals surface area (Å²) in [6.07, 6.45) is 2.22. The molecule has 0 N–H and O–H groups in total. The highest BCUT2D eigenvalue weighted by atomic mass is 32.2. The predicted molar refractivity (Wildman–Crippen MR) is 129 cm³/mol. The van der Waals surface area contributed by atoms with E-state index in [0.717, 1.165) is 24.1 Å². The van der Waals surface area contributed by atoms with E-state index in [2.05, 4.69) is 20.8 Å². The summed E-state index contributed by atoms with van der Waals surface area (Å²) in [5, 5.41) is 0. The number of carbonyl (C=O) groups is 1.